The van der Waals surface area contributed by atoms with Crippen LogP contribution < -0.4 is 20.7 Å². The fraction of sp³-hybridized carbons (Fsp3) is 0.375. The average molecular weight is 458 g/mol. The molecule has 33 heavy (non-hydrogen) atoms. The van der Waals surface area contributed by atoms with Gasteiger partial charge in [0.25, 0.3) is 0 Å². The van der Waals surface area contributed by atoms with Crippen LogP contribution in [0.5, 0.6) is 11.5 Å². The summed E-state index contributed by atoms with van der Waals surface area (Å²) in [6, 6.07) is 10.4. The average Bonchev–Trinajstić information content (AvgIpc) is 2.73. The van der Waals surface area contributed by atoms with Crippen LogP contribution in [0, 0.1) is 0 Å². The minimum Gasteiger partial charge on any atom is -0.478 e. The van der Waals surface area contributed by atoms with Crippen LogP contribution in [0.2, 0.25) is 0 Å². The minimum absolute atomic E-state index is 0.0410. The Kier molecular flexibility index (Phi) is 8.67. The third-order valence-electron chi connectivity index (χ3n) is 4.52. The first-order chi connectivity index (χ1) is 15.5. The van der Waals surface area contributed by atoms with Crippen molar-refractivity contribution in [2.45, 2.75) is 59.1 Å². The van der Waals surface area contributed by atoms with Crippen molar-refractivity contribution in [1.82, 2.24) is 5.32 Å². The quantitative estimate of drug-likeness (QED) is 0.395. The lowest BCUT2D eigenvalue weighted by molar-refractivity contribution is 0.0633. The molecule has 9 heteroatoms. The van der Waals surface area contributed by atoms with Crippen molar-refractivity contribution in [3.63, 3.8) is 0 Å². The van der Waals surface area contributed by atoms with Gasteiger partial charge in [-0.05, 0) is 76.1 Å². The van der Waals surface area contributed by atoms with Gasteiger partial charge >= 0.3 is 18.1 Å². The smallest absolute Gasteiger partial charge is 0.412 e. The fourth-order valence-corrected chi connectivity index (χ4v) is 2.86. The van der Waals surface area contributed by atoms with E-state index in [-0.39, 0.29) is 17.4 Å². The number of ether oxygens (including phenoxy) is 2. The number of carboxylic acid groups (broad SMARTS) is 1. The lowest BCUT2D eigenvalue weighted by atomic mass is 10.1. The zero-order valence-corrected chi connectivity index (χ0v) is 19.5. The van der Waals surface area contributed by atoms with E-state index < -0.39 is 23.7 Å². The molecule has 4 N–H and O–H groups in total. The Hall–Kier alpha value is -3.75. The Balaban J connectivity index is 2.08. The third kappa shape index (κ3) is 8.36. The summed E-state index contributed by atoms with van der Waals surface area (Å²) in [7, 11) is 0. The second-order valence-corrected chi connectivity index (χ2v) is 8.38. The van der Waals surface area contributed by atoms with Crippen LogP contribution in [0.4, 0.5) is 21.0 Å². The molecule has 0 unspecified atom stereocenters. The number of anilines is 2. The normalized spacial score (nSPS) is 11.0. The molecule has 0 fully saturated rings. The van der Waals surface area contributed by atoms with Crippen molar-refractivity contribution in [2.75, 3.05) is 10.6 Å². The lowest BCUT2D eigenvalue weighted by Crippen LogP contribution is -2.37. The Morgan fingerprint density at radius 3 is 2.09 bits per heavy atom. The van der Waals surface area contributed by atoms with Crippen molar-refractivity contribution in [1.29, 1.82) is 0 Å². The molecule has 9 nitrogen and oxygen atoms in total. The van der Waals surface area contributed by atoms with Crippen molar-refractivity contribution >= 4 is 29.5 Å². The maximum Gasteiger partial charge on any atom is 0.412 e. The molecular weight excluding hydrogens is 426 g/mol. The summed E-state index contributed by atoms with van der Waals surface area (Å²) in [5, 5.41) is 17.7. The highest BCUT2D eigenvalue weighted by Gasteiger charge is 2.17. The van der Waals surface area contributed by atoms with Gasteiger partial charge in [-0.25, -0.2) is 14.4 Å². The Morgan fingerprint density at radius 2 is 1.55 bits per heavy atom. The molecule has 0 aromatic heterocycles. The summed E-state index contributed by atoms with van der Waals surface area (Å²) in [5.74, 6) is -0.710. The number of urea groups is 1. The highest BCUT2D eigenvalue weighted by atomic mass is 16.6. The van der Waals surface area contributed by atoms with Crippen molar-refractivity contribution in [2.24, 2.45) is 0 Å². The summed E-state index contributed by atoms with van der Waals surface area (Å²) in [6.45, 7) is 9.25. The largest absolute Gasteiger partial charge is 0.478 e. The molecule has 0 spiro atoms. The monoisotopic (exact) mass is 457 g/mol. The topological polar surface area (TPSA) is 126 Å². The van der Waals surface area contributed by atoms with Crippen LogP contribution in [-0.2, 0) is 4.74 Å². The Bertz CT molecular complexity index is 979. The van der Waals surface area contributed by atoms with E-state index in [1.54, 1.807) is 51.1 Å². The predicted molar refractivity (Wildman–Crippen MR) is 126 cm³/mol. The van der Waals surface area contributed by atoms with Gasteiger partial charge in [0.2, 0.25) is 0 Å². The highest BCUT2D eigenvalue weighted by molar-refractivity contribution is 5.95. The maximum absolute atomic E-state index is 12.1. The summed E-state index contributed by atoms with van der Waals surface area (Å²) in [4.78, 5) is 35.7. The second kappa shape index (κ2) is 11.2. The van der Waals surface area contributed by atoms with E-state index in [4.69, 9.17) is 9.47 Å². The number of aromatic carboxylic acids is 1. The van der Waals surface area contributed by atoms with Crippen molar-refractivity contribution in [3.05, 3.63) is 48.0 Å². The minimum atomic E-state index is -1.20. The van der Waals surface area contributed by atoms with Gasteiger partial charge in [0.05, 0.1) is 0 Å². The number of nitrogens with one attached hydrogen (secondary N) is 3. The van der Waals surface area contributed by atoms with Gasteiger partial charge in [0.15, 0.2) is 0 Å². The third-order valence-corrected chi connectivity index (χ3v) is 4.52. The highest BCUT2D eigenvalue weighted by Crippen LogP contribution is 2.29. The maximum atomic E-state index is 12.1. The van der Waals surface area contributed by atoms with E-state index in [9.17, 15) is 19.5 Å². The number of carbonyl (C=O) groups excluding carboxylic acids is 2. The number of rotatable bonds is 8. The predicted octanol–water partition coefficient (Wildman–Crippen LogP) is 5.83. The zero-order chi connectivity index (χ0) is 24.6. The van der Waals surface area contributed by atoms with Crippen LogP contribution in [0.1, 0.15) is 57.8 Å². The van der Waals surface area contributed by atoms with E-state index in [1.807, 2.05) is 13.8 Å². The molecule has 0 saturated carbocycles. The molecule has 2 aromatic carbocycles. The number of hydrogen-bond donors (Lipinski definition) is 4. The molecule has 2 rings (SSSR count). The van der Waals surface area contributed by atoms with Gasteiger partial charge in [0, 0.05) is 17.4 Å². The SMILES string of the molecule is CCC(CC)NC(=O)Nc1ccc(Oc2ccc(NC(=O)OC(C)(C)C)cc2)c(C(=O)O)c1. The zero-order valence-electron chi connectivity index (χ0n) is 19.5. The first-order valence-corrected chi connectivity index (χ1v) is 10.7. The molecule has 178 valence electrons. The molecule has 0 aliphatic carbocycles. The number of carbonyl (C=O) groups is 3. The van der Waals surface area contributed by atoms with E-state index >= 15 is 0 Å². The van der Waals surface area contributed by atoms with Crippen LogP contribution in [0.3, 0.4) is 0 Å². The number of benzene rings is 2. The van der Waals surface area contributed by atoms with E-state index in [0.29, 0.717) is 17.1 Å². The van der Waals surface area contributed by atoms with Gasteiger partial charge in [0.1, 0.15) is 22.7 Å². The second-order valence-electron chi connectivity index (χ2n) is 8.38. The fourth-order valence-electron chi connectivity index (χ4n) is 2.86. The van der Waals surface area contributed by atoms with Gasteiger partial charge in [-0.15, -0.1) is 0 Å². The van der Waals surface area contributed by atoms with Crippen LogP contribution in [-0.4, -0.2) is 34.8 Å². The summed E-state index contributed by atoms with van der Waals surface area (Å²) >= 11 is 0. The summed E-state index contributed by atoms with van der Waals surface area (Å²) < 4.78 is 10.9. The van der Waals surface area contributed by atoms with Crippen LogP contribution in [0.25, 0.3) is 0 Å². The molecule has 0 aliphatic rings. The summed E-state index contributed by atoms with van der Waals surface area (Å²) in [6.07, 6.45) is 1.01. The number of carboxylic acids is 1. The standard InChI is InChI=1S/C24H31N3O6/c1-6-15(7-2)25-22(30)26-17-10-13-20(19(14-17)21(28)29)32-18-11-8-16(9-12-18)27-23(31)33-24(3,4)5/h8-15H,6-7H2,1-5H3,(H,27,31)(H,28,29)(H2,25,26,30). The van der Waals surface area contributed by atoms with E-state index in [1.165, 1.54) is 12.1 Å². The number of hydrogen-bond acceptors (Lipinski definition) is 5. The molecule has 0 atom stereocenters. The van der Waals surface area contributed by atoms with Gasteiger partial charge in [-0.1, -0.05) is 13.8 Å². The lowest BCUT2D eigenvalue weighted by Gasteiger charge is -2.19. The molecule has 0 radical (unpaired) electrons. The van der Waals surface area contributed by atoms with Crippen LogP contribution in [0.15, 0.2) is 42.5 Å². The Morgan fingerprint density at radius 1 is 0.939 bits per heavy atom. The molecule has 0 aliphatic heterocycles. The van der Waals surface area contributed by atoms with Crippen molar-refractivity contribution < 1.29 is 29.0 Å². The van der Waals surface area contributed by atoms with Crippen molar-refractivity contribution in [3.8, 4) is 11.5 Å². The molecular formula is C24H31N3O6. The summed E-state index contributed by atoms with van der Waals surface area (Å²) in [5.41, 5.74) is 0.111. The Labute approximate surface area is 193 Å². The molecule has 0 heterocycles. The first-order valence-electron chi connectivity index (χ1n) is 10.7. The first kappa shape index (κ1) is 25.5. The van der Waals surface area contributed by atoms with Gasteiger partial charge in [-0.3, -0.25) is 5.32 Å². The molecule has 0 bridgehead atoms. The van der Waals surface area contributed by atoms with Crippen LogP contribution >= 0.6 is 0 Å². The number of amides is 3. The van der Waals surface area contributed by atoms with E-state index in [2.05, 4.69) is 16.0 Å². The molecule has 2 aromatic rings. The van der Waals surface area contributed by atoms with Gasteiger partial charge in [-0.2, -0.15) is 0 Å². The van der Waals surface area contributed by atoms with Gasteiger partial charge < -0.3 is 25.2 Å². The molecule has 3 amide bonds. The molecule has 0 saturated heterocycles. The van der Waals surface area contributed by atoms with E-state index in [0.717, 1.165) is 12.8 Å².